The Bertz CT molecular complexity index is 872. The minimum atomic E-state index is -1.54. The monoisotopic (exact) mass is 395 g/mol. The molecule has 0 bridgehead atoms. The number of nitrogens with one attached hydrogen (secondary N) is 1. The number of aliphatic hydroxyl groups excluding tert-OH is 4. The van der Waals surface area contributed by atoms with Gasteiger partial charge in [-0.2, -0.15) is 0 Å². The highest BCUT2D eigenvalue weighted by Crippen LogP contribution is 2.27. The molecule has 10 heteroatoms. The Balaban J connectivity index is 1.67. The average molecular weight is 395 g/mol. The molecule has 4 unspecified atom stereocenters. The summed E-state index contributed by atoms with van der Waals surface area (Å²) in [6, 6.07) is 6.14. The van der Waals surface area contributed by atoms with Crippen LogP contribution in [0.25, 0.3) is 0 Å². The highest BCUT2D eigenvalue weighted by Gasteiger charge is 2.44. The van der Waals surface area contributed by atoms with Gasteiger partial charge in [0.1, 0.15) is 35.9 Å². The highest BCUT2D eigenvalue weighted by molar-refractivity contribution is 5.70. The quantitative estimate of drug-likeness (QED) is 0.354. The van der Waals surface area contributed by atoms with Gasteiger partial charge in [0.05, 0.1) is 13.2 Å². The van der Waals surface area contributed by atoms with Crippen LogP contribution >= 0.6 is 0 Å². The molecule has 0 aliphatic carbocycles. The second-order valence-corrected chi connectivity index (χ2v) is 6.26. The fourth-order valence-corrected chi connectivity index (χ4v) is 2.83. The third-order valence-electron chi connectivity index (χ3n) is 4.38. The van der Waals surface area contributed by atoms with Crippen LogP contribution in [0.3, 0.4) is 0 Å². The summed E-state index contributed by atoms with van der Waals surface area (Å²) in [4.78, 5) is 23.1. The van der Waals surface area contributed by atoms with Crippen molar-refractivity contribution in [2.24, 2.45) is 0 Å². The van der Waals surface area contributed by atoms with E-state index in [2.05, 4.69) is 5.32 Å². The summed E-state index contributed by atoms with van der Waals surface area (Å²) in [6.07, 6.45) is -6.90. The molecule has 5 atom stereocenters. The maximum atomic E-state index is 11.6. The lowest BCUT2D eigenvalue weighted by atomic mass is 9.99. The lowest BCUT2D eigenvalue weighted by molar-refractivity contribution is -0.277. The van der Waals surface area contributed by atoms with Crippen LogP contribution in [0.15, 0.2) is 33.9 Å². The van der Waals surface area contributed by atoms with Gasteiger partial charge in [0, 0.05) is 5.69 Å². The fourth-order valence-electron chi connectivity index (χ4n) is 2.83. The van der Waals surface area contributed by atoms with E-state index in [1.165, 1.54) is 12.1 Å². The molecule has 152 valence electrons. The Labute approximate surface area is 159 Å². The molecule has 0 spiro atoms. The molecule has 0 aromatic heterocycles. The minimum Gasteiger partial charge on any atom is -0.488 e. The maximum absolute atomic E-state index is 11.6. The Hall–Kier alpha value is -2.50. The molecule has 1 fully saturated rings. The molecule has 0 saturated carbocycles. The van der Waals surface area contributed by atoms with Crippen molar-refractivity contribution in [3.63, 3.8) is 0 Å². The van der Waals surface area contributed by atoms with Crippen LogP contribution in [0.5, 0.6) is 11.5 Å². The molecule has 1 aliphatic rings. The summed E-state index contributed by atoms with van der Waals surface area (Å²) in [7, 11) is 0. The lowest BCUT2D eigenvalue weighted by Crippen LogP contribution is -2.60. The molecule has 1 heterocycles. The van der Waals surface area contributed by atoms with Gasteiger partial charge in [-0.05, 0) is 31.2 Å². The van der Waals surface area contributed by atoms with E-state index in [0.717, 1.165) is 0 Å². The van der Waals surface area contributed by atoms with Gasteiger partial charge in [0.2, 0.25) is 6.29 Å². The van der Waals surface area contributed by atoms with E-state index in [-0.39, 0.29) is 23.8 Å². The van der Waals surface area contributed by atoms with Crippen molar-refractivity contribution in [3.05, 3.63) is 44.7 Å². The topological polar surface area (TPSA) is 155 Å². The molecule has 5 N–H and O–H groups in total. The third-order valence-corrected chi connectivity index (χ3v) is 4.38. The van der Waals surface area contributed by atoms with Crippen molar-refractivity contribution >= 4 is 11.4 Å². The van der Waals surface area contributed by atoms with Gasteiger partial charge in [-0.15, -0.1) is 0 Å². The van der Waals surface area contributed by atoms with Crippen molar-refractivity contribution < 1.29 is 34.6 Å². The zero-order valence-corrected chi connectivity index (χ0v) is 14.9. The number of benzene rings is 1. The van der Waals surface area contributed by atoms with Crippen molar-refractivity contribution in [1.29, 1.82) is 0 Å². The smallest absolute Gasteiger partial charge is 0.272 e. The van der Waals surface area contributed by atoms with Gasteiger partial charge in [0.25, 0.3) is 10.9 Å². The predicted molar refractivity (Wildman–Crippen MR) is 96.6 cm³/mol. The maximum Gasteiger partial charge on any atom is 0.272 e. The second-order valence-electron chi connectivity index (χ2n) is 6.26. The number of hydrogen-bond donors (Lipinski definition) is 5. The Kier molecular flexibility index (Phi) is 5.96. The van der Waals surface area contributed by atoms with E-state index in [9.17, 15) is 30.0 Å². The molecular weight excluding hydrogens is 374 g/mol. The molecule has 2 aromatic rings. The van der Waals surface area contributed by atoms with E-state index in [4.69, 9.17) is 14.2 Å². The summed E-state index contributed by atoms with van der Waals surface area (Å²) < 4.78 is 15.9. The number of ether oxygens (including phenoxy) is 3. The third kappa shape index (κ3) is 3.73. The highest BCUT2D eigenvalue weighted by atomic mass is 16.7. The van der Waals surface area contributed by atoms with Crippen LogP contribution in [-0.2, 0) is 4.74 Å². The van der Waals surface area contributed by atoms with Gasteiger partial charge >= 0.3 is 0 Å². The molecule has 1 aliphatic heterocycles. The van der Waals surface area contributed by atoms with E-state index in [1.54, 1.807) is 19.1 Å². The SMILES string of the molecule is CCOc1c(Nc2ccc(OC3OC(CO)C(O)[C@H](O)C3O)cc2)c(=O)c1=O. The zero-order valence-electron chi connectivity index (χ0n) is 14.9. The van der Waals surface area contributed by atoms with Gasteiger partial charge in [-0.25, -0.2) is 0 Å². The average Bonchev–Trinajstić information content (AvgIpc) is 2.71. The van der Waals surface area contributed by atoms with Gasteiger partial charge < -0.3 is 40.0 Å². The van der Waals surface area contributed by atoms with Crippen molar-refractivity contribution in [2.75, 3.05) is 18.5 Å². The summed E-state index contributed by atoms with van der Waals surface area (Å²) >= 11 is 0. The summed E-state index contributed by atoms with van der Waals surface area (Å²) in [6.45, 7) is 1.40. The van der Waals surface area contributed by atoms with Crippen LogP contribution in [0.4, 0.5) is 11.4 Å². The van der Waals surface area contributed by atoms with Crippen LogP contribution < -0.4 is 25.6 Å². The molecule has 0 radical (unpaired) electrons. The molecule has 2 aromatic carbocycles. The Morgan fingerprint density at radius 3 is 2.32 bits per heavy atom. The first-order chi connectivity index (χ1) is 13.4. The first-order valence-electron chi connectivity index (χ1n) is 8.67. The Morgan fingerprint density at radius 2 is 1.71 bits per heavy atom. The molecule has 3 rings (SSSR count). The van der Waals surface area contributed by atoms with Crippen LogP contribution in [0, 0.1) is 0 Å². The fraction of sp³-hybridized carbons (Fsp3) is 0.444. The molecule has 1 saturated heterocycles. The number of anilines is 2. The largest absolute Gasteiger partial charge is 0.488 e. The van der Waals surface area contributed by atoms with Crippen LogP contribution in [-0.4, -0.2) is 64.3 Å². The van der Waals surface area contributed by atoms with Crippen LogP contribution in [0.2, 0.25) is 0 Å². The van der Waals surface area contributed by atoms with Gasteiger partial charge in [0.15, 0.2) is 5.75 Å². The number of hydrogen-bond acceptors (Lipinski definition) is 10. The van der Waals surface area contributed by atoms with Crippen molar-refractivity contribution in [3.8, 4) is 11.5 Å². The van der Waals surface area contributed by atoms with E-state index >= 15 is 0 Å². The second kappa shape index (κ2) is 8.25. The Morgan fingerprint density at radius 1 is 1.04 bits per heavy atom. The predicted octanol–water partition coefficient (Wildman–Crippen LogP) is -1.40. The first kappa shape index (κ1) is 20.2. The van der Waals surface area contributed by atoms with Crippen molar-refractivity contribution in [1.82, 2.24) is 0 Å². The van der Waals surface area contributed by atoms with Gasteiger partial charge in [-0.3, -0.25) is 9.59 Å². The minimum absolute atomic E-state index is 0.00542. The molecule has 10 nitrogen and oxygen atoms in total. The summed E-state index contributed by atoms with van der Waals surface area (Å²) in [5, 5.41) is 41.5. The number of aliphatic hydroxyl groups is 4. The van der Waals surface area contributed by atoms with Crippen LogP contribution in [0.1, 0.15) is 6.92 Å². The van der Waals surface area contributed by atoms with Crippen molar-refractivity contribution in [2.45, 2.75) is 37.6 Å². The van der Waals surface area contributed by atoms with E-state index < -0.39 is 48.2 Å². The zero-order chi connectivity index (χ0) is 20.4. The van der Waals surface area contributed by atoms with E-state index in [1.807, 2.05) is 0 Å². The number of rotatable bonds is 7. The standard InChI is InChI=1S/C18H21NO9/c1-2-26-17-11(13(22)15(17)24)19-8-3-5-9(6-4-8)27-18-16(25)14(23)12(21)10(7-20)28-18/h3-6,10,12,14,16,18-21,23,25H,2,7H2,1H3/t10?,12?,14-,16?,18?/m0/s1. The lowest BCUT2D eigenvalue weighted by Gasteiger charge is -2.39. The van der Waals surface area contributed by atoms with E-state index in [0.29, 0.717) is 5.69 Å². The molecular formula is C18H21NO9. The molecule has 28 heavy (non-hydrogen) atoms. The normalized spacial score (nSPS) is 27.5. The summed E-state index contributed by atoms with van der Waals surface area (Å²) in [5.74, 6) is 0.263. The molecule has 0 amide bonds. The summed E-state index contributed by atoms with van der Waals surface area (Å²) in [5.41, 5.74) is -0.763. The van der Waals surface area contributed by atoms with Gasteiger partial charge in [-0.1, -0.05) is 0 Å². The first-order valence-corrected chi connectivity index (χ1v) is 8.67.